The van der Waals surface area contributed by atoms with Crippen LogP contribution in [0.1, 0.15) is 26.7 Å². The fourth-order valence-electron chi connectivity index (χ4n) is 1.99. The fraction of sp³-hybridized carbons (Fsp3) is 0.375. The number of hydrogen-bond donors (Lipinski definition) is 0. The van der Waals surface area contributed by atoms with Crippen molar-refractivity contribution in [3.63, 3.8) is 0 Å². The van der Waals surface area contributed by atoms with Crippen molar-refractivity contribution in [2.75, 3.05) is 13.2 Å². The summed E-state index contributed by atoms with van der Waals surface area (Å²) < 4.78 is 86.8. The van der Waals surface area contributed by atoms with Crippen molar-refractivity contribution in [1.29, 1.82) is 0 Å². The number of hydrogen-bond acceptors (Lipinski definition) is 8. The molecule has 1 atom stereocenters. The highest BCUT2D eigenvalue weighted by Gasteiger charge is 2.20. The summed E-state index contributed by atoms with van der Waals surface area (Å²) in [7, 11) is -11.0. The molecular weight excluding hydrogens is 458 g/mol. The van der Waals surface area contributed by atoms with Gasteiger partial charge in [0, 0.05) is 6.07 Å². The van der Waals surface area contributed by atoms with Gasteiger partial charge in [-0.05, 0) is 32.3 Å². The highest BCUT2D eigenvalue weighted by Crippen LogP contribution is 2.50. The second-order valence-electron chi connectivity index (χ2n) is 6.00. The molecule has 0 heterocycles. The van der Waals surface area contributed by atoms with Gasteiger partial charge in [0.05, 0.1) is 14.4 Å². The van der Waals surface area contributed by atoms with E-state index in [0.29, 0.717) is 24.0 Å². The van der Waals surface area contributed by atoms with Crippen LogP contribution in [-0.4, -0.2) is 13.2 Å². The fourth-order valence-corrected chi connectivity index (χ4v) is 3.41. The van der Waals surface area contributed by atoms with Crippen molar-refractivity contribution in [3.8, 4) is 5.75 Å². The molecule has 0 radical (unpaired) electrons. The van der Waals surface area contributed by atoms with Gasteiger partial charge in [-0.15, -0.1) is 0 Å². The van der Waals surface area contributed by atoms with Gasteiger partial charge in [0.15, 0.2) is 17.4 Å². The molecule has 0 fully saturated rings. The maximum absolute atomic E-state index is 13.5. The molecule has 0 aliphatic rings. The molecule has 0 aliphatic carbocycles. The molecule has 8 nitrogen and oxygen atoms in total. The predicted octanol–water partition coefficient (Wildman–Crippen LogP) is 2.62. The summed E-state index contributed by atoms with van der Waals surface area (Å²) in [4.78, 5) is 31.6. The number of ether oxygens (including phenoxy) is 1. The Morgan fingerprint density at radius 3 is 2.10 bits per heavy atom. The van der Waals surface area contributed by atoms with Crippen molar-refractivity contribution >= 4 is 15.6 Å². The summed E-state index contributed by atoms with van der Waals surface area (Å²) in [6.07, 6.45) is 3.66. The third kappa shape index (κ3) is 9.53. The smallest absolute Gasteiger partial charge is 0.272 e. The van der Waals surface area contributed by atoms with Crippen LogP contribution in [0.4, 0.5) is 17.6 Å². The second kappa shape index (κ2) is 11.2. The molecule has 1 aromatic rings. The quantitative estimate of drug-likeness (QED) is 0.207. The molecule has 30 heavy (non-hydrogen) atoms. The summed E-state index contributed by atoms with van der Waals surface area (Å²) >= 11 is 0. The van der Waals surface area contributed by atoms with Crippen LogP contribution >= 0.6 is 15.6 Å². The Kier molecular flexibility index (Phi) is 9.90. The number of allylic oxidation sites excluding steroid dienone is 2. The Hall–Kier alpha value is -1.52. The zero-order valence-corrected chi connectivity index (χ0v) is 17.5. The Morgan fingerprint density at radius 2 is 1.57 bits per heavy atom. The molecule has 0 aromatic heterocycles. The number of phosphoric ester groups is 1. The van der Waals surface area contributed by atoms with Crippen LogP contribution in [-0.2, 0) is 18.0 Å². The van der Waals surface area contributed by atoms with Crippen LogP contribution < -0.4 is 19.4 Å². The molecule has 0 amide bonds. The first-order chi connectivity index (χ1) is 13.7. The Bertz CT molecular complexity index is 887. The Labute approximate surface area is 169 Å². The summed E-state index contributed by atoms with van der Waals surface area (Å²) in [6, 6.07) is 0.0664. The lowest BCUT2D eigenvalue weighted by Gasteiger charge is -2.34. The largest absolute Gasteiger partial charge is 0.790 e. The topological polar surface area (TPSA) is 131 Å². The Morgan fingerprint density at radius 1 is 1.00 bits per heavy atom. The summed E-state index contributed by atoms with van der Waals surface area (Å²) in [5.41, 5.74) is 1.11. The summed E-state index contributed by atoms with van der Waals surface area (Å²) in [5, 5.41) is 0. The van der Waals surface area contributed by atoms with Gasteiger partial charge in [0.1, 0.15) is 6.61 Å². The number of rotatable bonds is 11. The van der Waals surface area contributed by atoms with Crippen LogP contribution in [0.3, 0.4) is 0 Å². The highest BCUT2D eigenvalue weighted by molar-refractivity contribution is 7.58. The van der Waals surface area contributed by atoms with E-state index in [1.165, 1.54) is 6.08 Å². The number of phosphoric acid groups is 2. The third-order valence-corrected chi connectivity index (χ3v) is 5.48. The van der Waals surface area contributed by atoms with Crippen LogP contribution in [0.5, 0.6) is 5.75 Å². The van der Waals surface area contributed by atoms with E-state index in [1.54, 1.807) is 19.9 Å². The Balaban J connectivity index is 2.51. The lowest BCUT2D eigenvalue weighted by atomic mass is 10.1. The van der Waals surface area contributed by atoms with Gasteiger partial charge in [-0.25, -0.2) is 8.78 Å². The molecule has 1 unspecified atom stereocenters. The van der Waals surface area contributed by atoms with Gasteiger partial charge in [-0.2, -0.15) is 8.78 Å². The van der Waals surface area contributed by atoms with Gasteiger partial charge in [0.2, 0.25) is 11.6 Å². The zero-order chi connectivity index (χ0) is 23.1. The molecule has 0 spiro atoms. The van der Waals surface area contributed by atoms with Gasteiger partial charge in [-0.3, -0.25) is 8.88 Å². The summed E-state index contributed by atoms with van der Waals surface area (Å²) in [5.74, 6) is -7.64. The van der Waals surface area contributed by atoms with Crippen LogP contribution in [0, 0.1) is 23.3 Å². The van der Waals surface area contributed by atoms with Crippen molar-refractivity contribution in [2.45, 2.75) is 26.7 Å². The first-order valence-electron chi connectivity index (χ1n) is 8.18. The van der Waals surface area contributed by atoms with Crippen LogP contribution in [0.2, 0.25) is 0 Å². The second-order valence-corrected chi connectivity index (χ2v) is 8.70. The van der Waals surface area contributed by atoms with Crippen LogP contribution in [0.25, 0.3) is 0 Å². The van der Waals surface area contributed by atoms with Crippen molar-refractivity contribution in [1.82, 2.24) is 0 Å². The van der Waals surface area contributed by atoms with E-state index in [0.717, 1.165) is 0 Å². The van der Waals surface area contributed by atoms with E-state index in [2.05, 4.69) is 8.83 Å². The normalized spacial score (nSPS) is 15.2. The highest BCUT2D eigenvalue weighted by atomic mass is 31.3. The molecule has 14 heteroatoms. The van der Waals surface area contributed by atoms with Gasteiger partial charge < -0.3 is 28.5 Å². The molecule has 170 valence electrons. The van der Waals surface area contributed by atoms with E-state index >= 15 is 0 Å². The average molecular weight is 475 g/mol. The monoisotopic (exact) mass is 475 g/mol. The molecule has 0 saturated carbocycles. The molecule has 0 N–H and O–H groups in total. The third-order valence-electron chi connectivity index (χ3n) is 3.41. The lowest BCUT2D eigenvalue weighted by Crippen LogP contribution is -2.19. The first kappa shape index (κ1) is 26.5. The maximum Gasteiger partial charge on any atom is 0.272 e. The molecule has 0 aliphatic heterocycles. The van der Waals surface area contributed by atoms with E-state index < -0.39 is 51.3 Å². The van der Waals surface area contributed by atoms with Crippen LogP contribution in [0.15, 0.2) is 29.4 Å². The molecular formula is C16H17F4O8P2-3. The molecule has 1 aromatic carbocycles. The van der Waals surface area contributed by atoms with E-state index in [-0.39, 0.29) is 12.7 Å². The minimum Gasteiger partial charge on any atom is -0.790 e. The van der Waals surface area contributed by atoms with Gasteiger partial charge >= 0.3 is 0 Å². The standard InChI is InChI=1S/C16H20F4O8P2/c1-10(6-7-27-30(24,25)28-29(21,22)23)4-3-5-11(2)9-26-16-14(19)12(17)8-13(18)15(16)20/h5-6,8H,3-4,7,9H2,1-2H3,(H,24,25)(H2,21,22,23)/p-3/b10-6+,11-5+. The SMILES string of the molecule is C/C(=C\COP(=O)([O-])OP(=O)([O-])[O-])CC/C=C(\C)COc1c(F)c(F)cc(F)c1F. The van der Waals surface area contributed by atoms with Crippen molar-refractivity contribution in [2.24, 2.45) is 0 Å². The molecule has 1 rings (SSSR count). The van der Waals surface area contributed by atoms with Crippen molar-refractivity contribution < 1.29 is 54.9 Å². The number of halogens is 4. The first-order valence-corrected chi connectivity index (χ1v) is 11.1. The van der Waals surface area contributed by atoms with Gasteiger partial charge in [0.25, 0.3) is 7.82 Å². The maximum atomic E-state index is 13.5. The zero-order valence-electron chi connectivity index (χ0n) is 15.7. The lowest BCUT2D eigenvalue weighted by molar-refractivity contribution is -0.339. The molecule has 0 bridgehead atoms. The molecule has 0 saturated heterocycles. The van der Waals surface area contributed by atoms with E-state index in [4.69, 9.17) is 4.74 Å². The predicted molar refractivity (Wildman–Crippen MR) is 90.8 cm³/mol. The van der Waals surface area contributed by atoms with Crippen molar-refractivity contribution in [3.05, 3.63) is 52.6 Å². The van der Waals surface area contributed by atoms with E-state index in [1.807, 2.05) is 0 Å². The minimum atomic E-state index is -5.75. The minimum absolute atomic E-state index is 0.0664. The van der Waals surface area contributed by atoms with E-state index in [9.17, 15) is 41.4 Å². The summed E-state index contributed by atoms with van der Waals surface area (Å²) in [6.45, 7) is 2.24. The van der Waals surface area contributed by atoms with Gasteiger partial charge in [-0.1, -0.05) is 17.7 Å². The average Bonchev–Trinajstić information content (AvgIpc) is 2.57. The number of benzene rings is 1.